The summed E-state index contributed by atoms with van der Waals surface area (Å²) in [5, 5.41) is 27.0. The smallest absolute Gasteiger partial charge is 0.255 e. The van der Waals surface area contributed by atoms with E-state index in [9.17, 15) is 18.7 Å². The molecule has 0 radical (unpaired) electrons. The van der Waals surface area contributed by atoms with Crippen LogP contribution in [0.1, 0.15) is 40.3 Å². The predicted octanol–water partition coefficient (Wildman–Crippen LogP) is 5.46. The zero-order chi connectivity index (χ0) is 30.6. The average molecular weight is 626 g/mol. The molecule has 0 bridgehead atoms. The van der Waals surface area contributed by atoms with Crippen LogP contribution in [0.25, 0.3) is 0 Å². The van der Waals surface area contributed by atoms with E-state index in [4.69, 9.17) is 26.3 Å². The van der Waals surface area contributed by atoms with Crippen molar-refractivity contribution in [3.8, 4) is 6.07 Å². The van der Waals surface area contributed by atoms with Crippen LogP contribution in [-0.4, -0.2) is 49.5 Å². The van der Waals surface area contributed by atoms with Gasteiger partial charge in [-0.05, 0) is 36.4 Å². The minimum absolute atomic E-state index is 0.0497. The fraction of sp³-hybridized carbons (Fsp3) is 0.267. The normalized spacial score (nSPS) is 18.8. The van der Waals surface area contributed by atoms with Gasteiger partial charge in [-0.25, -0.2) is 18.4 Å². The highest BCUT2D eigenvalue weighted by molar-refractivity contribution is 8.00. The molecule has 0 saturated carbocycles. The Balaban J connectivity index is 1.20. The Kier molecular flexibility index (Phi) is 9.39. The number of nitriles is 1. The molecule has 1 amide bonds. The quantitative estimate of drug-likeness (QED) is 0.252. The summed E-state index contributed by atoms with van der Waals surface area (Å²) in [6.07, 6.45) is 2.07. The van der Waals surface area contributed by atoms with E-state index < -0.39 is 28.8 Å². The van der Waals surface area contributed by atoms with Crippen molar-refractivity contribution in [3.63, 3.8) is 0 Å². The number of nitrogens with one attached hydrogen (secondary N) is 1. The van der Waals surface area contributed by atoms with Crippen LogP contribution in [0.2, 0.25) is 5.02 Å². The highest BCUT2D eigenvalue weighted by Crippen LogP contribution is 2.39. The standard InChI is InChI=1S/C30H26ClF2N5O4S/c1-18(30(40,15-38-17-35-16-36-38)25-9-7-22(32)10-27(25)33)43-24-13-41-29(42-14-24)20-4-2-19(3-5-20)28(39)37-23-8-6-21(12-34)26(31)11-23/h2-11,16-18,24,29,40H,13-15H2,1H3,(H,37,39)/t18-,24?,29?,30-/m1/s1. The van der Waals surface area contributed by atoms with E-state index in [1.54, 1.807) is 37.3 Å². The van der Waals surface area contributed by atoms with Crippen molar-refractivity contribution in [2.24, 2.45) is 0 Å². The number of nitrogens with zero attached hydrogens (tertiary/aromatic N) is 4. The number of anilines is 1. The third kappa shape index (κ3) is 7.04. The molecule has 5 rings (SSSR count). The van der Waals surface area contributed by atoms with E-state index in [1.165, 1.54) is 47.3 Å². The molecular weight excluding hydrogens is 600 g/mol. The van der Waals surface area contributed by atoms with Gasteiger partial charge in [-0.15, -0.1) is 11.8 Å². The number of ether oxygens (including phenoxy) is 2. The maximum atomic E-state index is 14.8. The molecule has 2 atom stereocenters. The second-order valence-electron chi connectivity index (χ2n) is 9.92. The molecule has 0 unspecified atom stereocenters. The number of rotatable bonds is 9. The van der Waals surface area contributed by atoms with E-state index in [0.29, 0.717) is 22.4 Å². The van der Waals surface area contributed by atoms with E-state index in [1.807, 2.05) is 6.07 Å². The fourth-order valence-corrected chi connectivity index (χ4v) is 6.21. The van der Waals surface area contributed by atoms with Gasteiger partial charge in [-0.1, -0.05) is 36.7 Å². The number of benzene rings is 3. The van der Waals surface area contributed by atoms with Crippen molar-refractivity contribution in [3.05, 3.63) is 112 Å². The number of carbonyl (C=O) groups excluding carboxylic acids is 1. The van der Waals surface area contributed by atoms with E-state index in [2.05, 4.69) is 15.4 Å². The molecule has 1 aliphatic rings. The van der Waals surface area contributed by atoms with Gasteiger partial charge in [0.2, 0.25) is 0 Å². The number of amides is 1. The lowest BCUT2D eigenvalue weighted by Gasteiger charge is -2.37. The number of hydrogen-bond donors (Lipinski definition) is 2. The van der Waals surface area contributed by atoms with E-state index in [-0.39, 0.29) is 41.5 Å². The third-order valence-corrected chi connectivity index (χ3v) is 8.76. The average Bonchev–Trinajstić information content (AvgIpc) is 3.50. The van der Waals surface area contributed by atoms with Gasteiger partial charge < -0.3 is 19.9 Å². The summed E-state index contributed by atoms with van der Waals surface area (Å²) in [7, 11) is 0. The molecule has 4 aromatic rings. The minimum Gasteiger partial charge on any atom is -0.382 e. The predicted molar refractivity (Wildman–Crippen MR) is 156 cm³/mol. The summed E-state index contributed by atoms with van der Waals surface area (Å²) in [4.78, 5) is 16.6. The van der Waals surface area contributed by atoms with Gasteiger partial charge >= 0.3 is 0 Å². The van der Waals surface area contributed by atoms with Crippen LogP contribution in [0.4, 0.5) is 14.5 Å². The summed E-state index contributed by atoms with van der Waals surface area (Å²) in [6.45, 7) is 2.23. The summed E-state index contributed by atoms with van der Waals surface area (Å²) >= 11 is 7.41. The summed E-state index contributed by atoms with van der Waals surface area (Å²) in [6, 6.07) is 16.5. The highest BCUT2D eigenvalue weighted by Gasteiger charge is 2.41. The molecule has 1 saturated heterocycles. The molecule has 3 aromatic carbocycles. The zero-order valence-electron chi connectivity index (χ0n) is 22.8. The Morgan fingerprint density at radius 1 is 1.21 bits per heavy atom. The second kappa shape index (κ2) is 13.2. The Labute approximate surface area is 255 Å². The minimum atomic E-state index is -1.74. The van der Waals surface area contributed by atoms with Crippen molar-refractivity contribution in [1.29, 1.82) is 5.26 Å². The number of hydrogen-bond acceptors (Lipinski definition) is 8. The molecule has 13 heteroatoms. The van der Waals surface area contributed by atoms with Gasteiger partial charge in [0.1, 0.15) is 36.0 Å². The molecule has 1 aromatic heterocycles. The first kappa shape index (κ1) is 30.6. The highest BCUT2D eigenvalue weighted by atomic mass is 35.5. The lowest BCUT2D eigenvalue weighted by Crippen LogP contribution is -2.43. The molecule has 0 aliphatic carbocycles. The lowest BCUT2D eigenvalue weighted by molar-refractivity contribution is -0.180. The molecule has 1 fully saturated rings. The maximum Gasteiger partial charge on any atom is 0.255 e. The lowest BCUT2D eigenvalue weighted by atomic mass is 9.90. The number of carbonyl (C=O) groups is 1. The van der Waals surface area contributed by atoms with Crippen LogP contribution in [0.5, 0.6) is 0 Å². The van der Waals surface area contributed by atoms with Crippen LogP contribution < -0.4 is 5.32 Å². The second-order valence-corrected chi connectivity index (χ2v) is 12.0. The first-order valence-corrected chi connectivity index (χ1v) is 14.5. The topological polar surface area (TPSA) is 122 Å². The summed E-state index contributed by atoms with van der Waals surface area (Å²) in [5.74, 6) is -1.95. The van der Waals surface area contributed by atoms with Crippen molar-refractivity contribution >= 4 is 35.0 Å². The van der Waals surface area contributed by atoms with Crippen LogP contribution in [-0.2, 0) is 21.6 Å². The molecular formula is C30H26ClF2N5O4S. The monoisotopic (exact) mass is 625 g/mol. The molecule has 0 spiro atoms. The number of aromatic nitrogens is 3. The summed E-state index contributed by atoms with van der Waals surface area (Å²) < 4.78 is 41.8. The Morgan fingerprint density at radius 2 is 1.95 bits per heavy atom. The van der Waals surface area contributed by atoms with Crippen molar-refractivity contribution in [2.75, 3.05) is 18.5 Å². The SMILES string of the molecule is C[C@@H](SC1COC(c2ccc(C(=O)Nc3ccc(C#N)c(Cl)c3)cc2)OC1)[C@](O)(Cn1cncn1)c1ccc(F)cc1F. The largest absolute Gasteiger partial charge is 0.382 e. The maximum absolute atomic E-state index is 14.8. The number of aliphatic hydroxyl groups is 1. The van der Waals surface area contributed by atoms with Crippen LogP contribution in [0, 0.1) is 23.0 Å². The van der Waals surface area contributed by atoms with Crippen LogP contribution in [0.3, 0.4) is 0 Å². The summed E-state index contributed by atoms with van der Waals surface area (Å²) in [5.41, 5.74) is 0.104. The van der Waals surface area contributed by atoms with E-state index in [0.717, 1.165) is 12.1 Å². The van der Waals surface area contributed by atoms with Gasteiger partial charge in [0.25, 0.3) is 5.91 Å². The van der Waals surface area contributed by atoms with Gasteiger partial charge in [0, 0.05) is 33.7 Å². The molecule has 2 N–H and O–H groups in total. The van der Waals surface area contributed by atoms with Crippen molar-refractivity contribution in [2.45, 2.75) is 35.9 Å². The first-order valence-electron chi connectivity index (χ1n) is 13.2. The number of halogens is 3. The molecule has 9 nitrogen and oxygen atoms in total. The Morgan fingerprint density at radius 3 is 2.58 bits per heavy atom. The fourth-order valence-electron chi connectivity index (χ4n) is 4.67. The first-order chi connectivity index (χ1) is 20.7. The van der Waals surface area contributed by atoms with Crippen LogP contribution >= 0.6 is 23.4 Å². The Bertz CT molecular complexity index is 1630. The Hall–Kier alpha value is -3.86. The van der Waals surface area contributed by atoms with Crippen molar-refractivity contribution < 1.29 is 28.2 Å². The van der Waals surface area contributed by atoms with Crippen molar-refractivity contribution in [1.82, 2.24) is 14.8 Å². The molecule has 222 valence electrons. The van der Waals surface area contributed by atoms with Gasteiger partial charge in [-0.3, -0.25) is 4.79 Å². The molecule has 2 heterocycles. The van der Waals surface area contributed by atoms with Crippen LogP contribution in [0.15, 0.2) is 73.3 Å². The van der Waals surface area contributed by atoms with Gasteiger partial charge in [-0.2, -0.15) is 10.4 Å². The third-order valence-electron chi connectivity index (χ3n) is 7.00. The van der Waals surface area contributed by atoms with Gasteiger partial charge in [0.15, 0.2) is 6.29 Å². The van der Waals surface area contributed by atoms with E-state index >= 15 is 0 Å². The molecule has 43 heavy (non-hydrogen) atoms. The molecule has 1 aliphatic heterocycles. The van der Waals surface area contributed by atoms with Gasteiger partial charge in [0.05, 0.1) is 35.6 Å². The number of thioether (sulfide) groups is 1. The zero-order valence-corrected chi connectivity index (χ0v) is 24.4.